The fourth-order valence-corrected chi connectivity index (χ4v) is 4.37. The molecule has 2 saturated carbocycles. The minimum atomic E-state index is -4.56. The van der Waals surface area contributed by atoms with Gasteiger partial charge in [0.25, 0.3) is 5.88 Å². The van der Waals surface area contributed by atoms with Gasteiger partial charge in [-0.2, -0.15) is 31.3 Å². The number of imidazole rings is 1. The molecule has 16 heteroatoms. The third kappa shape index (κ3) is 7.58. The molecule has 0 radical (unpaired) electrons. The van der Waals surface area contributed by atoms with E-state index in [9.17, 15) is 26.3 Å². The van der Waals surface area contributed by atoms with E-state index in [2.05, 4.69) is 25.3 Å². The number of hydrogen-bond donors (Lipinski definition) is 2. The molecule has 2 fully saturated rings. The SMILES string of the molecule is C[N-]/C(=C(\C(=N)OC)c1ncc(OCC2(C(F)(F)F)CC2)c(OCc2ccc(-c3ncc(C(F)(F)F)[nH]3)cc2)n1)C1CC1.[K+]. The van der Waals surface area contributed by atoms with Crippen LogP contribution in [-0.4, -0.2) is 52.8 Å². The second-order valence-electron chi connectivity index (χ2n) is 10.3. The summed E-state index contributed by atoms with van der Waals surface area (Å²) in [7, 11) is 2.90. The number of halogens is 6. The summed E-state index contributed by atoms with van der Waals surface area (Å²) in [6.45, 7) is -0.751. The van der Waals surface area contributed by atoms with Crippen LogP contribution < -0.4 is 60.9 Å². The maximum atomic E-state index is 13.5. The molecule has 2 N–H and O–H groups in total. The topological polar surface area (TPSA) is 120 Å². The van der Waals surface area contributed by atoms with Crippen LogP contribution in [0.15, 0.2) is 42.4 Å². The number of aromatic amines is 1. The van der Waals surface area contributed by atoms with Crippen molar-refractivity contribution in [3.63, 3.8) is 0 Å². The fourth-order valence-electron chi connectivity index (χ4n) is 4.37. The van der Waals surface area contributed by atoms with E-state index >= 15 is 0 Å². The number of aromatic nitrogens is 4. The smallest absolute Gasteiger partial charge is 0.689 e. The molecule has 2 aromatic heterocycles. The van der Waals surface area contributed by atoms with Crippen molar-refractivity contribution in [1.82, 2.24) is 19.9 Å². The van der Waals surface area contributed by atoms with Gasteiger partial charge in [0.1, 0.15) is 30.1 Å². The van der Waals surface area contributed by atoms with E-state index < -0.39 is 30.1 Å². The predicted molar refractivity (Wildman–Crippen MR) is 142 cm³/mol. The predicted octanol–water partition coefficient (Wildman–Crippen LogP) is 3.94. The zero-order chi connectivity index (χ0) is 31.0. The van der Waals surface area contributed by atoms with Gasteiger partial charge in [0, 0.05) is 5.56 Å². The summed E-state index contributed by atoms with van der Waals surface area (Å²) in [5, 5.41) is 12.6. The van der Waals surface area contributed by atoms with Gasteiger partial charge in [0.2, 0.25) is 5.90 Å². The Kier molecular flexibility index (Phi) is 10.4. The first-order valence-corrected chi connectivity index (χ1v) is 13.2. The second-order valence-corrected chi connectivity index (χ2v) is 10.3. The first-order valence-electron chi connectivity index (χ1n) is 13.2. The van der Waals surface area contributed by atoms with Crippen LogP contribution in [0.2, 0.25) is 0 Å². The normalized spacial score (nSPS) is 16.4. The summed E-state index contributed by atoms with van der Waals surface area (Å²) in [5.41, 5.74) is -1.13. The number of hydrogen-bond acceptors (Lipinski definition) is 7. The van der Waals surface area contributed by atoms with Crippen molar-refractivity contribution in [1.29, 1.82) is 5.41 Å². The Bertz CT molecular complexity index is 1520. The first kappa shape index (κ1) is 34.2. The van der Waals surface area contributed by atoms with Crippen LogP contribution in [0.3, 0.4) is 0 Å². The number of ether oxygens (including phenoxy) is 3. The third-order valence-corrected chi connectivity index (χ3v) is 7.28. The Balaban J connectivity index is 0.00000442. The van der Waals surface area contributed by atoms with Gasteiger partial charge in [0.15, 0.2) is 11.6 Å². The molecule has 2 aliphatic rings. The molecule has 0 spiro atoms. The van der Waals surface area contributed by atoms with Gasteiger partial charge in [-0.3, -0.25) is 5.41 Å². The third-order valence-electron chi connectivity index (χ3n) is 7.28. The van der Waals surface area contributed by atoms with Crippen molar-refractivity contribution in [2.45, 2.75) is 44.6 Å². The zero-order valence-corrected chi connectivity index (χ0v) is 27.2. The Hall–Kier alpha value is -2.66. The monoisotopic (exact) mass is 648 g/mol. The summed E-state index contributed by atoms with van der Waals surface area (Å²) in [5.74, 6) is -0.338. The first-order chi connectivity index (χ1) is 20.3. The minimum Gasteiger partial charge on any atom is -0.689 e. The molecule has 0 saturated heterocycles. The number of allylic oxidation sites excluding steroid dienone is 1. The van der Waals surface area contributed by atoms with E-state index in [0.717, 1.165) is 12.8 Å². The second kappa shape index (κ2) is 13.4. The Labute approximate surface area is 291 Å². The fraction of sp³-hybridized carbons (Fsp3) is 0.429. The zero-order valence-electron chi connectivity index (χ0n) is 24.1. The Morgan fingerprint density at radius 2 is 1.73 bits per heavy atom. The van der Waals surface area contributed by atoms with Crippen LogP contribution in [0, 0.1) is 16.7 Å². The summed E-state index contributed by atoms with van der Waals surface area (Å²) >= 11 is 0. The number of rotatable bonds is 11. The molecule has 230 valence electrons. The van der Waals surface area contributed by atoms with Crippen molar-refractivity contribution in [3.8, 4) is 23.0 Å². The van der Waals surface area contributed by atoms with Gasteiger partial charge in [0.05, 0.1) is 25.1 Å². The van der Waals surface area contributed by atoms with Crippen molar-refractivity contribution in [2.75, 3.05) is 20.8 Å². The van der Waals surface area contributed by atoms with Crippen molar-refractivity contribution < 1.29 is 91.9 Å². The van der Waals surface area contributed by atoms with Crippen molar-refractivity contribution in [3.05, 3.63) is 64.8 Å². The maximum absolute atomic E-state index is 13.5. The molecule has 2 aliphatic carbocycles. The summed E-state index contributed by atoms with van der Waals surface area (Å²) in [6.07, 6.45) is -5.47. The number of nitrogens with zero attached hydrogens (tertiary/aromatic N) is 4. The van der Waals surface area contributed by atoms with E-state index in [1.54, 1.807) is 31.3 Å². The molecule has 3 aromatic rings. The maximum Gasteiger partial charge on any atom is 1.00 e. The van der Waals surface area contributed by atoms with E-state index in [1.807, 2.05) is 0 Å². The number of benzene rings is 1. The van der Waals surface area contributed by atoms with Gasteiger partial charge < -0.3 is 24.5 Å². The average molecular weight is 649 g/mol. The van der Waals surface area contributed by atoms with Crippen molar-refractivity contribution >= 4 is 11.5 Å². The van der Waals surface area contributed by atoms with Crippen LogP contribution >= 0.6 is 0 Å². The van der Waals surface area contributed by atoms with Gasteiger partial charge in [-0.05, 0) is 37.2 Å². The molecule has 0 unspecified atom stereocenters. The minimum absolute atomic E-state index is 0. The van der Waals surface area contributed by atoms with Crippen molar-refractivity contribution in [2.24, 2.45) is 11.3 Å². The van der Waals surface area contributed by atoms with Crippen LogP contribution in [0.5, 0.6) is 11.6 Å². The molecule has 5 rings (SSSR count). The molecule has 0 bridgehead atoms. The summed E-state index contributed by atoms with van der Waals surface area (Å²) in [6, 6.07) is 6.30. The quantitative estimate of drug-likeness (QED) is 0.141. The standard InChI is InChI=1S/C28H27F6N6O3.K/c1-36-21(16-7-8-16)20(22(35)41-2)24-37-11-18(43-14-26(9-10-26)28(32,33)34)25(40-24)42-13-15-3-5-17(6-4-15)23-38-12-19(39-23)27(29,30)31;/h3-6,11-12,16,35H,7-10,13-14H2,1-2H3,(H,38,39);/q-1;+1/b21-20+,35-22?;. The molecular weight excluding hydrogens is 621 g/mol. The van der Waals surface area contributed by atoms with E-state index in [4.69, 9.17) is 19.6 Å². The molecule has 44 heavy (non-hydrogen) atoms. The molecule has 0 aliphatic heterocycles. The van der Waals surface area contributed by atoms with Crippen LogP contribution in [0.25, 0.3) is 22.3 Å². The number of alkyl halides is 6. The van der Waals surface area contributed by atoms with E-state index in [-0.39, 0.29) is 112 Å². The molecule has 0 amide bonds. The van der Waals surface area contributed by atoms with Gasteiger partial charge in [-0.25, -0.2) is 9.97 Å². The Morgan fingerprint density at radius 1 is 1.05 bits per heavy atom. The van der Waals surface area contributed by atoms with Crippen LogP contribution in [-0.2, 0) is 17.5 Å². The van der Waals surface area contributed by atoms with Gasteiger partial charge in [-0.15, -0.1) is 12.7 Å². The molecule has 1 aromatic carbocycles. The summed E-state index contributed by atoms with van der Waals surface area (Å²) in [4.78, 5) is 14.7. The molecule has 9 nitrogen and oxygen atoms in total. The average Bonchev–Trinajstić information content (AvgIpc) is 3.90. The molecule has 2 heterocycles. The number of nitrogens with one attached hydrogen (secondary N) is 2. The van der Waals surface area contributed by atoms with Gasteiger partial charge >= 0.3 is 63.7 Å². The Morgan fingerprint density at radius 3 is 2.25 bits per heavy atom. The van der Waals surface area contributed by atoms with E-state index in [1.165, 1.54) is 13.3 Å². The summed E-state index contributed by atoms with van der Waals surface area (Å²) < 4.78 is 95.9. The number of methoxy groups -OCH3 is 1. The van der Waals surface area contributed by atoms with Crippen LogP contribution in [0.1, 0.15) is 42.8 Å². The number of H-pyrrole nitrogens is 1. The molecular formula is C28H27F6KN6O3. The van der Waals surface area contributed by atoms with Crippen LogP contribution in [0.4, 0.5) is 26.3 Å². The van der Waals surface area contributed by atoms with E-state index in [0.29, 0.717) is 23.0 Å². The largest absolute Gasteiger partial charge is 1.00 e. The van der Waals surface area contributed by atoms with Gasteiger partial charge in [-0.1, -0.05) is 24.3 Å². The molecule has 0 atom stereocenters.